The van der Waals surface area contributed by atoms with Crippen LogP contribution in [0.1, 0.15) is 18.1 Å². The van der Waals surface area contributed by atoms with E-state index in [4.69, 9.17) is 0 Å². The molecular weight excluding hydrogens is 231 g/mol. The van der Waals surface area contributed by atoms with Crippen LogP contribution < -0.4 is 5.32 Å². The first-order valence-electron chi connectivity index (χ1n) is 6.32. The van der Waals surface area contributed by atoms with Crippen LogP contribution in [0.5, 0.6) is 0 Å². The van der Waals surface area contributed by atoms with Gasteiger partial charge in [-0.05, 0) is 37.1 Å². The molecule has 3 nitrogen and oxygen atoms in total. The number of piperazine rings is 1. The third kappa shape index (κ3) is 3.07. The molecule has 1 aromatic rings. The van der Waals surface area contributed by atoms with Crippen LogP contribution in [-0.4, -0.2) is 36.5 Å². The van der Waals surface area contributed by atoms with E-state index in [1.807, 2.05) is 11.8 Å². The molecule has 1 aromatic carbocycles. The topological polar surface area (TPSA) is 32.3 Å². The molecule has 0 saturated carbocycles. The molecule has 0 bridgehead atoms. The zero-order chi connectivity index (χ0) is 13.1. The van der Waals surface area contributed by atoms with Gasteiger partial charge in [0.2, 0.25) is 5.91 Å². The number of carbonyl (C=O) groups is 1. The molecule has 0 radical (unpaired) electrons. The number of amides is 1. The van der Waals surface area contributed by atoms with Gasteiger partial charge in [-0.15, -0.1) is 0 Å². The molecular formula is C14H19FN2O. The molecule has 1 fully saturated rings. The summed E-state index contributed by atoms with van der Waals surface area (Å²) in [6.45, 7) is 6.26. The van der Waals surface area contributed by atoms with Crippen molar-refractivity contribution in [2.75, 3.05) is 19.6 Å². The zero-order valence-corrected chi connectivity index (χ0v) is 10.9. The minimum atomic E-state index is -0.280. The molecule has 1 aliphatic heterocycles. The molecule has 0 aromatic heterocycles. The Balaban J connectivity index is 2.04. The molecule has 98 valence electrons. The van der Waals surface area contributed by atoms with E-state index in [0.29, 0.717) is 6.04 Å². The van der Waals surface area contributed by atoms with E-state index in [2.05, 4.69) is 12.2 Å². The van der Waals surface area contributed by atoms with Gasteiger partial charge < -0.3 is 10.2 Å². The van der Waals surface area contributed by atoms with Crippen molar-refractivity contribution in [2.45, 2.75) is 26.3 Å². The zero-order valence-electron chi connectivity index (χ0n) is 10.9. The van der Waals surface area contributed by atoms with Gasteiger partial charge in [0.05, 0.1) is 6.42 Å². The Bertz CT molecular complexity index is 447. The highest BCUT2D eigenvalue weighted by Crippen LogP contribution is 2.13. The first-order valence-corrected chi connectivity index (χ1v) is 6.32. The summed E-state index contributed by atoms with van der Waals surface area (Å²) in [4.78, 5) is 14.0. The fourth-order valence-electron chi connectivity index (χ4n) is 2.26. The van der Waals surface area contributed by atoms with Crippen LogP contribution in [0.2, 0.25) is 0 Å². The van der Waals surface area contributed by atoms with E-state index in [1.54, 1.807) is 6.07 Å². The summed E-state index contributed by atoms with van der Waals surface area (Å²) in [6.07, 6.45) is 0.288. The second-order valence-corrected chi connectivity index (χ2v) is 4.94. The van der Waals surface area contributed by atoms with Gasteiger partial charge in [0.1, 0.15) is 5.82 Å². The van der Waals surface area contributed by atoms with E-state index in [9.17, 15) is 9.18 Å². The average Bonchev–Trinajstić information content (AvgIpc) is 2.34. The summed E-state index contributed by atoms with van der Waals surface area (Å²) < 4.78 is 13.2. The Kier molecular flexibility index (Phi) is 3.97. The Morgan fingerprint density at radius 2 is 2.33 bits per heavy atom. The van der Waals surface area contributed by atoms with Gasteiger partial charge in [0.25, 0.3) is 0 Å². The number of benzene rings is 1. The molecule has 0 aliphatic carbocycles. The largest absolute Gasteiger partial charge is 0.340 e. The van der Waals surface area contributed by atoms with Crippen molar-refractivity contribution in [2.24, 2.45) is 0 Å². The van der Waals surface area contributed by atoms with Crippen LogP contribution in [0.4, 0.5) is 4.39 Å². The van der Waals surface area contributed by atoms with Gasteiger partial charge in [0, 0.05) is 25.7 Å². The maximum atomic E-state index is 13.2. The van der Waals surface area contributed by atoms with Crippen molar-refractivity contribution >= 4 is 5.91 Å². The highest BCUT2D eigenvalue weighted by Gasteiger charge is 2.20. The number of rotatable bonds is 2. The molecule has 2 rings (SSSR count). The number of carbonyl (C=O) groups excluding carboxylic acids is 1. The Labute approximate surface area is 107 Å². The Morgan fingerprint density at radius 1 is 1.56 bits per heavy atom. The summed E-state index contributed by atoms with van der Waals surface area (Å²) in [7, 11) is 0. The number of hydrogen-bond acceptors (Lipinski definition) is 2. The van der Waals surface area contributed by atoms with Gasteiger partial charge in [-0.25, -0.2) is 4.39 Å². The van der Waals surface area contributed by atoms with Crippen LogP contribution in [0, 0.1) is 12.7 Å². The smallest absolute Gasteiger partial charge is 0.227 e. The summed E-state index contributed by atoms with van der Waals surface area (Å²) in [6, 6.07) is 4.93. The average molecular weight is 250 g/mol. The normalized spacial score (nSPS) is 19.9. The van der Waals surface area contributed by atoms with Gasteiger partial charge in [-0.1, -0.05) is 6.07 Å². The second kappa shape index (κ2) is 5.48. The first kappa shape index (κ1) is 13.0. The third-order valence-corrected chi connectivity index (χ3v) is 3.37. The molecule has 1 amide bonds. The van der Waals surface area contributed by atoms with E-state index in [0.717, 1.165) is 30.8 Å². The van der Waals surface area contributed by atoms with Gasteiger partial charge in [0.15, 0.2) is 0 Å². The highest BCUT2D eigenvalue weighted by atomic mass is 19.1. The predicted molar refractivity (Wildman–Crippen MR) is 68.9 cm³/mol. The van der Waals surface area contributed by atoms with Gasteiger partial charge >= 0.3 is 0 Å². The number of hydrogen-bond donors (Lipinski definition) is 1. The van der Waals surface area contributed by atoms with Crippen molar-refractivity contribution in [3.8, 4) is 0 Å². The minimum absolute atomic E-state index is 0.0806. The van der Waals surface area contributed by atoms with Crippen molar-refractivity contribution in [1.29, 1.82) is 0 Å². The lowest BCUT2D eigenvalue weighted by atomic mass is 10.0. The Morgan fingerprint density at radius 3 is 3.06 bits per heavy atom. The molecule has 1 N–H and O–H groups in total. The SMILES string of the molecule is Cc1ccc(F)cc1CC(=O)N1CCNC(C)C1. The standard InChI is InChI=1S/C14H19FN2O/c1-10-3-4-13(15)7-12(10)8-14(18)17-6-5-16-11(2)9-17/h3-4,7,11,16H,5-6,8-9H2,1-2H3. The van der Waals surface area contributed by atoms with E-state index < -0.39 is 0 Å². The van der Waals surface area contributed by atoms with Crippen LogP contribution in [0.25, 0.3) is 0 Å². The highest BCUT2D eigenvalue weighted by molar-refractivity contribution is 5.79. The molecule has 1 unspecified atom stereocenters. The molecule has 4 heteroatoms. The number of halogens is 1. The predicted octanol–water partition coefficient (Wildman–Crippen LogP) is 1.50. The van der Waals surface area contributed by atoms with Crippen molar-refractivity contribution < 1.29 is 9.18 Å². The van der Waals surface area contributed by atoms with Crippen LogP contribution in [-0.2, 0) is 11.2 Å². The lowest BCUT2D eigenvalue weighted by Gasteiger charge is -2.32. The summed E-state index contributed by atoms with van der Waals surface area (Å²) >= 11 is 0. The summed E-state index contributed by atoms with van der Waals surface area (Å²) in [5, 5.41) is 3.30. The fraction of sp³-hybridized carbons (Fsp3) is 0.500. The summed E-state index contributed by atoms with van der Waals surface area (Å²) in [5.74, 6) is -0.200. The molecule has 1 saturated heterocycles. The van der Waals surface area contributed by atoms with E-state index in [-0.39, 0.29) is 18.1 Å². The molecule has 1 heterocycles. The number of nitrogens with zero attached hydrogens (tertiary/aromatic N) is 1. The third-order valence-electron chi connectivity index (χ3n) is 3.37. The quantitative estimate of drug-likeness (QED) is 0.862. The van der Waals surface area contributed by atoms with Gasteiger partial charge in [-0.3, -0.25) is 4.79 Å². The van der Waals surface area contributed by atoms with E-state index in [1.165, 1.54) is 12.1 Å². The maximum absolute atomic E-state index is 13.2. The first-order chi connectivity index (χ1) is 8.56. The van der Waals surface area contributed by atoms with Crippen LogP contribution in [0.3, 0.4) is 0 Å². The monoisotopic (exact) mass is 250 g/mol. The number of aryl methyl sites for hydroxylation is 1. The molecule has 18 heavy (non-hydrogen) atoms. The van der Waals surface area contributed by atoms with E-state index >= 15 is 0 Å². The van der Waals surface area contributed by atoms with Crippen LogP contribution in [0.15, 0.2) is 18.2 Å². The van der Waals surface area contributed by atoms with Crippen molar-refractivity contribution in [3.63, 3.8) is 0 Å². The lowest BCUT2D eigenvalue weighted by molar-refractivity contribution is -0.131. The lowest BCUT2D eigenvalue weighted by Crippen LogP contribution is -2.51. The van der Waals surface area contributed by atoms with Crippen molar-refractivity contribution in [1.82, 2.24) is 10.2 Å². The fourth-order valence-corrected chi connectivity index (χ4v) is 2.26. The van der Waals surface area contributed by atoms with Gasteiger partial charge in [-0.2, -0.15) is 0 Å². The second-order valence-electron chi connectivity index (χ2n) is 4.94. The van der Waals surface area contributed by atoms with Crippen LogP contribution >= 0.6 is 0 Å². The Hall–Kier alpha value is -1.42. The molecule has 1 atom stereocenters. The minimum Gasteiger partial charge on any atom is -0.340 e. The summed E-state index contributed by atoms with van der Waals surface area (Å²) in [5.41, 5.74) is 1.75. The molecule has 1 aliphatic rings. The maximum Gasteiger partial charge on any atom is 0.227 e. The number of nitrogens with one attached hydrogen (secondary N) is 1. The molecule has 0 spiro atoms. The van der Waals surface area contributed by atoms with Crippen molar-refractivity contribution in [3.05, 3.63) is 35.1 Å².